The van der Waals surface area contributed by atoms with Crippen LogP contribution in [0, 0.1) is 0 Å². The number of carboxylic acids is 1. The van der Waals surface area contributed by atoms with E-state index in [-0.39, 0.29) is 25.0 Å². The van der Waals surface area contributed by atoms with Crippen LogP contribution in [0.3, 0.4) is 0 Å². The number of rotatable bonds is 5. The van der Waals surface area contributed by atoms with Crippen LogP contribution in [0.4, 0.5) is 4.79 Å². The van der Waals surface area contributed by atoms with E-state index < -0.39 is 5.97 Å². The number of carbonyl (C=O) groups is 2. The van der Waals surface area contributed by atoms with E-state index in [0.717, 1.165) is 19.3 Å². The summed E-state index contributed by atoms with van der Waals surface area (Å²) in [7, 11) is 0. The number of thioether (sulfide) groups is 1. The Morgan fingerprint density at radius 3 is 2.82 bits per heavy atom. The Morgan fingerprint density at radius 1 is 1.41 bits per heavy atom. The smallest absolute Gasteiger partial charge is 0.315 e. The molecule has 0 aromatic carbocycles. The first-order chi connectivity index (χ1) is 8.11. The zero-order valence-electron chi connectivity index (χ0n) is 10.1. The van der Waals surface area contributed by atoms with E-state index in [1.165, 1.54) is 6.42 Å². The molecule has 2 unspecified atom stereocenters. The van der Waals surface area contributed by atoms with E-state index in [1.54, 1.807) is 0 Å². The van der Waals surface area contributed by atoms with Crippen molar-refractivity contribution in [2.75, 3.05) is 12.8 Å². The predicted octanol–water partition coefficient (Wildman–Crippen LogP) is 1.43. The number of aliphatic carboxylic acids is 1. The number of hydrogen-bond donors (Lipinski definition) is 3. The summed E-state index contributed by atoms with van der Waals surface area (Å²) in [5, 5.41) is 14.5. The highest BCUT2D eigenvalue weighted by atomic mass is 32.2. The second-order valence-corrected chi connectivity index (χ2v) is 5.40. The molecule has 0 radical (unpaired) electrons. The standard InChI is InChI=1S/C11H20N2O3S/c1-17-9-4-2-3-8(7-9)13-11(16)12-6-5-10(14)15/h8-9H,2-7H2,1H3,(H,14,15)(H2,12,13,16). The second kappa shape index (κ2) is 7.42. The van der Waals surface area contributed by atoms with Gasteiger partial charge in [-0.2, -0.15) is 11.8 Å². The average Bonchev–Trinajstić information content (AvgIpc) is 2.28. The van der Waals surface area contributed by atoms with Gasteiger partial charge in [-0.15, -0.1) is 0 Å². The Morgan fingerprint density at radius 2 is 2.18 bits per heavy atom. The molecule has 1 aliphatic rings. The summed E-state index contributed by atoms with van der Waals surface area (Å²) in [6, 6.07) is -0.0240. The number of urea groups is 1. The Kier molecular flexibility index (Phi) is 6.18. The number of hydrogen-bond acceptors (Lipinski definition) is 3. The van der Waals surface area contributed by atoms with Gasteiger partial charge in [-0.25, -0.2) is 4.79 Å². The lowest BCUT2D eigenvalue weighted by molar-refractivity contribution is -0.136. The van der Waals surface area contributed by atoms with Crippen LogP contribution in [0.2, 0.25) is 0 Å². The highest BCUT2D eigenvalue weighted by Crippen LogP contribution is 2.26. The molecular formula is C11H20N2O3S. The highest BCUT2D eigenvalue weighted by molar-refractivity contribution is 7.99. The van der Waals surface area contributed by atoms with Crippen LogP contribution in [-0.4, -0.2) is 41.2 Å². The van der Waals surface area contributed by atoms with Crippen molar-refractivity contribution in [3.63, 3.8) is 0 Å². The molecular weight excluding hydrogens is 240 g/mol. The van der Waals surface area contributed by atoms with E-state index in [1.807, 2.05) is 11.8 Å². The second-order valence-electron chi connectivity index (χ2n) is 4.27. The molecule has 3 N–H and O–H groups in total. The lowest BCUT2D eigenvalue weighted by atomic mass is 9.95. The topological polar surface area (TPSA) is 78.4 Å². The average molecular weight is 260 g/mol. The number of carbonyl (C=O) groups excluding carboxylic acids is 1. The molecule has 6 heteroatoms. The van der Waals surface area contributed by atoms with Gasteiger partial charge in [0, 0.05) is 17.8 Å². The van der Waals surface area contributed by atoms with Crippen LogP contribution in [0.25, 0.3) is 0 Å². The summed E-state index contributed by atoms with van der Waals surface area (Å²) in [6.45, 7) is 0.180. The minimum absolute atomic E-state index is 0.0362. The summed E-state index contributed by atoms with van der Waals surface area (Å²) < 4.78 is 0. The SMILES string of the molecule is CSC1CCCC(NC(=O)NCCC(=O)O)C1. The van der Waals surface area contributed by atoms with Gasteiger partial charge in [0.25, 0.3) is 0 Å². The fourth-order valence-electron chi connectivity index (χ4n) is 2.01. The first-order valence-corrected chi connectivity index (χ1v) is 7.19. The van der Waals surface area contributed by atoms with Crippen molar-refractivity contribution in [1.29, 1.82) is 0 Å². The Labute approximate surface area is 106 Å². The van der Waals surface area contributed by atoms with Gasteiger partial charge in [0.15, 0.2) is 0 Å². The number of amides is 2. The molecule has 2 atom stereocenters. The molecule has 1 aliphatic carbocycles. The third-order valence-corrected chi connectivity index (χ3v) is 4.01. The number of nitrogens with one attached hydrogen (secondary N) is 2. The van der Waals surface area contributed by atoms with Crippen molar-refractivity contribution in [1.82, 2.24) is 10.6 Å². The first kappa shape index (κ1) is 14.2. The molecule has 0 heterocycles. The zero-order valence-corrected chi connectivity index (χ0v) is 10.9. The summed E-state index contributed by atoms with van der Waals surface area (Å²) in [5.74, 6) is -0.898. The maximum absolute atomic E-state index is 11.5. The number of carboxylic acid groups (broad SMARTS) is 1. The van der Waals surface area contributed by atoms with E-state index in [0.29, 0.717) is 5.25 Å². The molecule has 0 spiro atoms. The fraction of sp³-hybridized carbons (Fsp3) is 0.818. The fourth-order valence-corrected chi connectivity index (χ4v) is 2.84. The van der Waals surface area contributed by atoms with Crippen LogP contribution in [0.5, 0.6) is 0 Å². The third-order valence-electron chi connectivity index (χ3n) is 2.92. The van der Waals surface area contributed by atoms with Gasteiger partial charge < -0.3 is 15.7 Å². The molecule has 0 aromatic rings. The van der Waals surface area contributed by atoms with Crippen LogP contribution >= 0.6 is 11.8 Å². The summed E-state index contributed by atoms with van der Waals surface area (Å²) in [6.07, 6.45) is 6.45. The van der Waals surface area contributed by atoms with Gasteiger partial charge in [0.1, 0.15) is 0 Å². The molecule has 5 nitrogen and oxygen atoms in total. The minimum atomic E-state index is -0.898. The molecule has 0 aromatic heterocycles. The first-order valence-electron chi connectivity index (χ1n) is 5.90. The molecule has 2 amide bonds. The molecule has 98 valence electrons. The zero-order chi connectivity index (χ0) is 12.7. The highest BCUT2D eigenvalue weighted by Gasteiger charge is 2.22. The van der Waals surface area contributed by atoms with Gasteiger partial charge in [-0.05, 0) is 25.5 Å². The maximum Gasteiger partial charge on any atom is 0.315 e. The molecule has 1 fully saturated rings. The van der Waals surface area contributed by atoms with Crippen molar-refractivity contribution >= 4 is 23.8 Å². The van der Waals surface area contributed by atoms with Gasteiger partial charge in [0.2, 0.25) is 0 Å². The lowest BCUT2D eigenvalue weighted by Gasteiger charge is -2.28. The summed E-state index contributed by atoms with van der Waals surface area (Å²) in [4.78, 5) is 21.7. The summed E-state index contributed by atoms with van der Waals surface area (Å²) in [5.41, 5.74) is 0. The Hall–Kier alpha value is -0.910. The Bertz CT molecular complexity index is 273. The van der Waals surface area contributed by atoms with Gasteiger partial charge in [0.05, 0.1) is 6.42 Å². The minimum Gasteiger partial charge on any atom is -0.481 e. The monoisotopic (exact) mass is 260 g/mol. The van der Waals surface area contributed by atoms with E-state index in [2.05, 4.69) is 16.9 Å². The van der Waals surface area contributed by atoms with Gasteiger partial charge in [-0.3, -0.25) is 4.79 Å². The predicted molar refractivity (Wildman–Crippen MR) is 68.3 cm³/mol. The van der Waals surface area contributed by atoms with Crippen molar-refractivity contribution in [2.45, 2.75) is 43.4 Å². The Balaban J connectivity index is 2.19. The van der Waals surface area contributed by atoms with Crippen molar-refractivity contribution in [2.24, 2.45) is 0 Å². The van der Waals surface area contributed by atoms with E-state index in [9.17, 15) is 9.59 Å². The molecule has 0 aliphatic heterocycles. The van der Waals surface area contributed by atoms with Crippen molar-refractivity contribution < 1.29 is 14.7 Å². The normalized spacial score (nSPS) is 24.1. The van der Waals surface area contributed by atoms with Crippen LogP contribution in [-0.2, 0) is 4.79 Å². The van der Waals surface area contributed by atoms with Gasteiger partial charge >= 0.3 is 12.0 Å². The van der Waals surface area contributed by atoms with Crippen molar-refractivity contribution in [3.8, 4) is 0 Å². The molecule has 0 saturated heterocycles. The van der Waals surface area contributed by atoms with Crippen molar-refractivity contribution in [3.05, 3.63) is 0 Å². The lowest BCUT2D eigenvalue weighted by Crippen LogP contribution is -2.45. The third kappa shape index (κ3) is 5.81. The van der Waals surface area contributed by atoms with E-state index in [4.69, 9.17) is 5.11 Å². The van der Waals surface area contributed by atoms with Crippen LogP contribution in [0.15, 0.2) is 0 Å². The molecule has 17 heavy (non-hydrogen) atoms. The largest absolute Gasteiger partial charge is 0.481 e. The van der Waals surface area contributed by atoms with Crippen LogP contribution < -0.4 is 10.6 Å². The van der Waals surface area contributed by atoms with Gasteiger partial charge in [-0.1, -0.05) is 6.42 Å². The quantitative estimate of drug-likeness (QED) is 0.699. The molecule has 1 rings (SSSR count). The molecule has 0 bridgehead atoms. The van der Waals surface area contributed by atoms with Crippen LogP contribution in [0.1, 0.15) is 32.1 Å². The molecule has 1 saturated carbocycles. The summed E-state index contributed by atoms with van der Waals surface area (Å²) >= 11 is 1.85. The van der Waals surface area contributed by atoms with E-state index >= 15 is 0 Å². The maximum atomic E-state index is 11.5.